The number of nitrogens with zero attached hydrogens (tertiary/aromatic N) is 5. The van der Waals surface area contributed by atoms with Crippen LogP contribution in [0.3, 0.4) is 0 Å². The van der Waals surface area contributed by atoms with Gasteiger partial charge >= 0.3 is 0 Å². The molecule has 0 N–H and O–H groups in total. The van der Waals surface area contributed by atoms with Crippen LogP contribution >= 0.6 is 11.8 Å². The van der Waals surface area contributed by atoms with Crippen LogP contribution in [0.4, 0.5) is 0 Å². The van der Waals surface area contributed by atoms with Crippen molar-refractivity contribution in [3.8, 4) is 11.4 Å². The molecule has 0 aromatic carbocycles. The van der Waals surface area contributed by atoms with Crippen LogP contribution in [0, 0.1) is 0 Å². The monoisotopic (exact) mass is 333 g/mol. The van der Waals surface area contributed by atoms with Gasteiger partial charge in [0.15, 0.2) is 11.0 Å². The molecule has 1 fully saturated rings. The van der Waals surface area contributed by atoms with Gasteiger partial charge in [0, 0.05) is 50.4 Å². The average Bonchev–Trinajstić information content (AvgIpc) is 2.88. The minimum Gasteiger partial charge on any atom is -0.373 e. The van der Waals surface area contributed by atoms with Crippen molar-refractivity contribution in [3.05, 3.63) is 24.5 Å². The third-order valence-corrected chi connectivity index (χ3v) is 4.89. The van der Waals surface area contributed by atoms with Gasteiger partial charge in [0.2, 0.25) is 0 Å². The summed E-state index contributed by atoms with van der Waals surface area (Å²) < 4.78 is 7.81. The predicted molar refractivity (Wildman–Crippen MR) is 91.4 cm³/mol. The number of aromatic nitrogens is 4. The molecular weight excluding hydrogens is 310 g/mol. The van der Waals surface area contributed by atoms with Crippen LogP contribution in [0.25, 0.3) is 11.4 Å². The molecule has 1 aliphatic heterocycles. The lowest BCUT2D eigenvalue weighted by Crippen LogP contribution is -2.46. The second-order valence-electron chi connectivity index (χ2n) is 5.97. The van der Waals surface area contributed by atoms with Crippen molar-refractivity contribution in [2.45, 2.75) is 31.2 Å². The molecule has 7 heteroatoms. The van der Waals surface area contributed by atoms with Crippen LogP contribution in [0.5, 0.6) is 0 Å². The number of hydrogen-bond donors (Lipinski definition) is 0. The second-order valence-corrected chi connectivity index (χ2v) is 7.03. The quantitative estimate of drug-likeness (QED) is 0.781. The van der Waals surface area contributed by atoms with Crippen molar-refractivity contribution >= 4 is 11.8 Å². The molecule has 0 spiro atoms. The predicted octanol–water partition coefficient (Wildman–Crippen LogP) is 2.08. The standard InChI is InChI=1S/C16H23N5OS/c1-12-10-21(11-13(2)22-12)7-8-23-16-19-18-15(20(16)3)14-5-4-6-17-9-14/h4-6,9,12-13H,7-8,10-11H2,1-3H3. The van der Waals surface area contributed by atoms with E-state index < -0.39 is 0 Å². The maximum atomic E-state index is 5.77. The molecule has 0 aliphatic carbocycles. The van der Waals surface area contributed by atoms with Crippen molar-refractivity contribution in [3.63, 3.8) is 0 Å². The summed E-state index contributed by atoms with van der Waals surface area (Å²) in [5.74, 6) is 1.85. The Hall–Kier alpha value is -1.44. The Morgan fingerprint density at radius 3 is 2.74 bits per heavy atom. The third-order valence-electron chi connectivity index (χ3n) is 3.89. The average molecular weight is 333 g/mol. The van der Waals surface area contributed by atoms with E-state index in [1.54, 1.807) is 18.0 Å². The first-order valence-electron chi connectivity index (χ1n) is 7.94. The van der Waals surface area contributed by atoms with Crippen molar-refractivity contribution in [2.24, 2.45) is 7.05 Å². The van der Waals surface area contributed by atoms with E-state index in [1.807, 2.05) is 29.9 Å². The molecule has 0 amide bonds. The van der Waals surface area contributed by atoms with Crippen molar-refractivity contribution in [2.75, 3.05) is 25.4 Å². The molecule has 2 atom stereocenters. The zero-order chi connectivity index (χ0) is 16.2. The molecule has 2 aromatic heterocycles. The summed E-state index contributed by atoms with van der Waals surface area (Å²) in [6, 6.07) is 3.92. The zero-order valence-electron chi connectivity index (χ0n) is 13.8. The molecule has 1 saturated heterocycles. The third kappa shape index (κ3) is 4.10. The Morgan fingerprint density at radius 2 is 2.04 bits per heavy atom. The summed E-state index contributed by atoms with van der Waals surface area (Å²) in [5.41, 5.74) is 0.991. The zero-order valence-corrected chi connectivity index (χ0v) is 14.7. The van der Waals surface area contributed by atoms with E-state index >= 15 is 0 Å². The molecule has 2 unspecified atom stereocenters. The van der Waals surface area contributed by atoms with E-state index in [2.05, 4.69) is 33.9 Å². The smallest absolute Gasteiger partial charge is 0.191 e. The maximum Gasteiger partial charge on any atom is 0.191 e. The van der Waals surface area contributed by atoms with Crippen LogP contribution < -0.4 is 0 Å². The highest BCUT2D eigenvalue weighted by Crippen LogP contribution is 2.22. The van der Waals surface area contributed by atoms with Gasteiger partial charge in [-0.25, -0.2) is 0 Å². The number of morpholine rings is 1. The summed E-state index contributed by atoms with van der Waals surface area (Å²) in [5, 5.41) is 9.55. The Morgan fingerprint density at radius 1 is 1.26 bits per heavy atom. The summed E-state index contributed by atoms with van der Waals surface area (Å²) in [4.78, 5) is 6.61. The first kappa shape index (κ1) is 16.4. The van der Waals surface area contributed by atoms with Crippen LogP contribution in [-0.4, -0.2) is 62.2 Å². The van der Waals surface area contributed by atoms with Crippen LogP contribution in [0.1, 0.15) is 13.8 Å². The SMILES string of the molecule is CC1CN(CCSc2nnc(-c3cccnc3)n2C)CC(C)O1. The van der Waals surface area contributed by atoms with Gasteiger partial charge in [0.05, 0.1) is 12.2 Å². The highest BCUT2D eigenvalue weighted by atomic mass is 32.2. The van der Waals surface area contributed by atoms with Gasteiger partial charge in [-0.2, -0.15) is 0 Å². The second kappa shape index (κ2) is 7.42. The van der Waals surface area contributed by atoms with E-state index in [0.29, 0.717) is 12.2 Å². The fourth-order valence-corrected chi connectivity index (χ4v) is 3.83. The lowest BCUT2D eigenvalue weighted by molar-refractivity contribution is -0.0661. The van der Waals surface area contributed by atoms with Gasteiger partial charge in [0.1, 0.15) is 0 Å². The molecule has 0 saturated carbocycles. The molecule has 6 nitrogen and oxygen atoms in total. The van der Waals surface area contributed by atoms with Crippen molar-refractivity contribution in [1.29, 1.82) is 0 Å². The normalized spacial score (nSPS) is 22.4. The van der Waals surface area contributed by atoms with E-state index in [0.717, 1.165) is 41.9 Å². The first-order chi connectivity index (χ1) is 11.1. The van der Waals surface area contributed by atoms with Crippen molar-refractivity contribution < 1.29 is 4.74 Å². The lowest BCUT2D eigenvalue weighted by atomic mass is 10.2. The molecule has 124 valence electrons. The molecule has 1 aliphatic rings. The number of rotatable bonds is 5. The fourth-order valence-electron chi connectivity index (χ4n) is 2.92. The minimum atomic E-state index is 0.316. The van der Waals surface area contributed by atoms with E-state index in [9.17, 15) is 0 Å². The first-order valence-corrected chi connectivity index (χ1v) is 8.92. The maximum absolute atomic E-state index is 5.77. The molecule has 23 heavy (non-hydrogen) atoms. The van der Waals surface area contributed by atoms with Crippen LogP contribution in [0.2, 0.25) is 0 Å². The van der Waals surface area contributed by atoms with Crippen molar-refractivity contribution in [1.82, 2.24) is 24.6 Å². The van der Waals surface area contributed by atoms with E-state index in [-0.39, 0.29) is 0 Å². The Bertz CT molecular complexity index is 623. The summed E-state index contributed by atoms with van der Waals surface area (Å²) in [6.07, 6.45) is 4.21. The number of hydrogen-bond acceptors (Lipinski definition) is 6. The Kier molecular flexibility index (Phi) is 5.30. The highest BCUT2D eigenvalue weighted by molar-refractivity contribution is 7.99. The molecule has 2 aromatic rings. The molecule has 0 radical (unpaired) electrons. The summed E-state index contributed by atoms with van der Waals surface area (Å²) >= 11 is 1.75. The number of thioether (sulfide) groups is 1. The van der Waals surface area contributed by atoms with E-state index in [1.165, 1.54) is 0 Å². The van der Waals surface area contributed by atoms with Gasteiger partial charge in [-0.1, -0.05) is 11.8 Å². The number of pyridine rings is 1. The molecular formula is C16H23N5OS. The lowest BCUT2D eigenvalue weighted by Gasteiger charge is -2.35. The summed E-state index contributed by atoms with van der Waals surface area (Å²) in [7, 11) is 2.00. The highest BCUT2D eigenvalue weighted by Gasteiger charge is 2.21. The van der Waals surface area contributed by atoms with Gasteiger partial charge < -0.3 is 9.30 Å². The topological polar surface area (TPSA) is 56.1 Å². The van der Waals surface area contributed by atoms with Gasteiger partial charge in [-0.05, 0) is 26.0 Å². The van der Waals surface area contributed by atoms with Gasteiger partial charge in [-0.3, -0.25) is 9.88 Å². The largest absolute Gasteiger partial charge is 0.373 e. The number of ether oxygens (including phenoxy) is 1. The van der Waals surface area contributed by atoms with Crippen LogP contribution in [0.15, 0.2) is 29.7 Å². The van der Waals surface area contributed by atoms with E-state index in [4.69, 9.17) is 4.74 Å². The van der Waals surface area contributed by atoms with Crippen LogP contribution in [-0.2, 0) is 11.8 Å². The minimum absolute atomic E-state index is 0.316. The molecule has 0 bridgehead atoms. The fraction of sp³-hybridized carbons (Fsp3) is 0.562. The van der Waals surface area contributed by atoms with Gasteiger partial charge in [-0.15, -0.1) is 10.2 Å². The Balaban J connectivity index is 1.56. The summed E-state index contributed by atoms with van der Waals surface area (Å²) in [6.45, 7) is 7.32. The molecule has 3 rings (SSSR count). The molecule has 3 heterocycles. The van der Waals surface area contributed by atoms with Gasteiger partial charge in [0.25, 0.3) is 0 Å². The Labute approximate surface area is 141 Å².